The summed E-state index contributed by atoms with van der Waals surface area (Å²) in [5.74, 6) is -1.07. The summed E-state index contributed by atoms with van der Waals surface area (Å²) in [5, 5.41) is 9.84. The third-order valence-corrected chi connectivity index (χ3v) is 7.82. The van der Waals surface area contributed by atoms with Gasteiger partial charge in [-0.05, 0) is 58.4 Å². The molecule has 0 radical (unpaired) electrons. The Labute approximate surface area is 188 Å². The zero-order valence-electron chi connectivity index (χ0n) is 18.0. The van der Waals surface area contributed by atoms with Crippen LogP contribution in [-0.4, -0.2) is 19.5 Å². The first-order valence-electron chi connectivity index (χ1n) is 10.3. The van der Waals surface area contributed by atoms with E-state index in [1.54, 1.807) is 60.7 Å². The zero-order chi connectivity index (χ0) is 23.1. The largest absolute Gasteiger partial charge is 0.478 e. The average molecular weight is 445 g/mol. The van der Waals surface area contributed by atoms with Crippen molar-refractivity contribution >= 4 is 26.8 Å². The van der Waals surface area contributed by atoms with Crippen LogP contribution >= 0.6 is 0 Å². The molecule has 3 aromatic carbocycles. The van der Waals surface area contributed by atoms with Gasteiger partial charge in [0.2, 0.25) is 9.84 Å². The molecule has 0 saturated carbocycles. The van der Waals surface area contributed by atoms with Gasteiger partial charge < -0.3 is 5.11 Å². The molecule has 1 N–H and O–H groups in total. The molecule has 4 rings (SSSR count). The van der Waals surface area contributed by atoms with Gasteiger partial charge in [-0.15, -0.1) is 0 Å². The number of allylic oxidation sites excluding steroid dienone is 1. The molecule has 0 saturated heterocycles. The van der Waals surface area contributed by atoms with Crippen LogP contribution in [0.25, 0.3) is 22.1 Å². The number of sulfone groups is 1. The van der Waals surface area contributed by atoms with Crippen LogP contribution < -0.4 is 0 Å². The first kappa shape index (κ1) is 21.8. The van der Waals surface area contributed by atoms with Crippen molar-refractivity contribution in [3.8, 4) is 11.1 Å². The highest BCUT2D eigenvalue weighted by atomic mass is 32.2. The number of carboxylic acids is 1. The zero-order valence-corrected chi connectivity index (χ0v) is 18.8. The maximum Gasteiger partial charge on any atom is 0.336 e. The molecule has 32 heavy (non-hydrogen) atoms. The molecular weight excluding hydrogens is 420 g/mol. The molecule has 0 bridgehead atoms. The lowest BCUT2D eigenvalue weighted by atomic mass is 9.73. The van der Waals surface area contributed by atoms with Crippen LogP contribution in [-0.2, 0) is 15.3 Å². The van der Waals surface area contributed by atoms with Crippen molar-refractivity contribution in [2.45, 2.75) is 30.6 Å². The average Bonchev–Trinajstić information content (AvgIpc) is 2.78. The van der Waals surface area contributed by atoms with Gasteiger partial charge in [-0.2, -0.15) is 0 Å². The topological polar surface area (TPSA) is 71.4 Å². The Kier molecular flexibility index (Phi) is 5.39. The van der Waals surface area contributed by atoms with E-state index in [1.807, 2.05) is 12.1 Å². The maximum absolute atomic E-state index is 13.7. The highest BCUT2D eigenvalue weighted by Gasteiger charge is 2.36. The monoisotopic (exact) mass is 444 g/mol. The molecule has 0 unspecified atom stereocenters. The van der Waals surface area contributed by atoms with Crippen molar-refractivity contribution in [3.05, 3.63) is 102 Å². The van der Waals surface area contributed by atoms with Gasteiger partial charge >= 0.3 is 5.97 Å². The Morgan fingerprint density at radius 1 is 1.00 bits per heavy atom. The lowest BCUT2D eigenvalue weighted by molar-refractivity contribution is 0.0697. The minimum absolute atomic E-state index is 0.115. The molecule has 1 aliphatic rings. The molecule has 0 aliphatic heterocycles. The lowest BCUT2D eigenvalue weighted by Crippen LogP contribution is -2.24. The van der Waals surface area contributed by atoms with E-state index in [9.17, 15) is 18.3 Å². The van der Waals surface area contributed by atoms with Crippen molar-refractivity contribution in [2.75, 3.05) is 0 Å². The summed E-state index contributed by atoms with van der Waals surface area (Å²) in [6.45, 7) is 7.92. The van der Waals surface area contributed by atoms with Gasteiger partial charge in [-0.1, -0.05) is 75.0 Å². The Hall–Kier alpha value is -3.44. The number of carboxylic acid groups (broad SMARTS) is 1. The van der Waals surface area contributed by atoms with E-state index in [0.29, 0.717) is 23.1 Å². The maximum atomic E-state index is 13.7. The molecule has 162 valence electrons. The fourth-order valence-electron chi connectivity index (χ4n) is 4.23. The van der Waals surface area contributed by atoms with E-state index in [4.69, 9.17) is 0 Å². The SMILES string of the molecule is C=Cc1ccc(C(=O)O)c(-c2cccc3c2C(S(=O)(=O)c2ccccc2)=CCC3(C)C)c1. The first-order chi connectivity index (χ1) is 15.2. The molecule has 5 heteroatoms. The second-order valence-corrected chi connectivity index (χ2v) is 10.4. The van der Waals surface area contributed by atoms with Gasteiger partial charge in [0.05, 0.1) is 15.4 Å². The molecular formula is C27H24O4S. The second-order valence-electron chi connectivity index (χ2n) is 8.52. The second kappa shape index (κ2) is 7.92. The van der Waals surface area contributed by atoms with Crippen LogP contribution in [0.5, 0.6) is 0 Å². The quantitative estimate of drug-likeness (QED) is 0.509. The summed E-state index contributed by atoms with van der Waals surface area (Å²) in [6.07, 6.45) is 3.97. The molecule has 0 amide bonds. The van der Waals surface area contributed by atoms with Crippen molar-refractivity contribution in [1.82, 2.24) is 0 Å². The third-order valence-electron chi connectivity index (χ3n) is 5.98. The molecule has 0 fully saturated rings. The van der Waals surface area contributed by atoms with E-state index >= 15 is 0 Å². The highest BCUT2D eigenvalue weighted by molar-refractivity contribution is 8.00. The summed E-state index contributed by atoms with van der Waals surface area (Å²) in [6, 6.07) is 18.9. The van der Waals surface area contributed by atoms with Gasteiger partial charge in [-0.3, -0.25) is 0 Å². The van der Waals surface area contributed by atoms with Gasteiger partial charge in [-0.25, -0.2) is 13.2 Å². The Morgan fingerprint density at radius 3 is 2.38 bits per heavy atom. The predicted octanol–water partition coefficient (Wildman–Crippen LogP) is 6.19. The summed E-state index contributed by atoms with van der Waals surface area (Å²) in [7, 11) is -3.81. The third kappa shape index (κ3) is 3.59. The van der Waals surface area contributed by atoms with E-state index in [0.717, 1.165) is 11.1 Å². The Morgan fingerprint density at radius 2 is 1.72 bits per heavy atom. The summed E-state index contributed by atoms with van der Waals surface area (Å²) in [5.41, 5.74) is 3.07. The van der Waals surface area contributed by atoms with E-state index < -0.39 is 15.8 Å². The fraction of sp³-hybridized carbons (Fsp3) is 0.148. The Balaban J connectivity index is 2.07. The smallest absolute Gasteiger partial charge is 0.336 e. The van der Waals surface area contributed by atoms with E-state index in [2.05, 4.69) is 20.4 Å². The number of benzene rings is 3. The molecule has 0 aromatic heterocycles. The number of hydrogen-bond acceptors (Lipinski definition) is 3. The summed E-state index contributed by atoms with van der Waals surface area (Å²) < 4.78 is 27.4. The first-order valence-corrected chi connectivity index (χ1v) is 11.8. The van der Waals surface area contributed by atoms with Crippen LogP contribution in [0.15, 0.2) is 84.3 Å². The van der Waals surface area contributed by atoms with Crippen molar-refractivity contribution in [3.63, 3.8) is 0 Å². The van der Waals surface area contributed by atoms with Gasteiger partial charge in [0, 0.05) is 5.56 Å². The standard InChI is InChI=1S/C27H24O4S/c1-4-18-13-14-21(26(28)29)22(17-18)20-11-8-12-23-25(20)24(15-16-27(23,2)3)32(30,31)19-9-6-5-7-10-19/h4-15,17H,1,16H2,2-3H3,(H,28,29). The lowest BCUT2D eigenvalue weighted by Gasteiger charge is -2.33. The molecule has 0 heterocycles. The van der Waals surface area contributed by atoms with Crippen LogP contribution in [0.3, 0.4) is 0 Å². The number of carbonyl (C=O) groups is 1. The van der Waals surface area contributed by atoms with Crippen LogP contribution in [0.2, 0.25) is 0 Å². The van der Waals surface area contributed by atoms with E-state index in [-0.39, 0.29) is 20.8 Å². The number of rotatable bonds is 5. The Bertz CT molecular complexity index is 1360. The number of aromatic carboxylic acids is 1. The van der Waals surface area contributed by atoms with Crippen molar-refractivity contribution in [2.24, 2.45) is 0 Å². The van der Waals surface area contributed by atoms with Gasteiger partial charge in [0.1, 0.15) is 0 Å². The molecule has 4 nitrogen and oxygen atoms in total. The van der Waals surface area contributed by atoms with Crippen molar-refractivity contribution in [1.29, 1.82) is 0 Å². The molecule has 1 aliphatic carbocycles. The number of hydrogen-bond donors (Lipinski definition) is 1. The molecule has 3 aromatic rings. The number of fused-ring (bicyclic) bond motifs is 1. The minimum atomic E-state index is -3.81. The van der Waals surface area contributed by atoms with Gasteiger partial charge in [0.25, 0.3) is 0 Å². The summed E-state index contributed by atoms with van der Waals surface area (Å²) >= 11 is 0. The van der Waals surface area contributed by atoms with Crippen LogP contribution in [0, 0.1) is 0 Å². The predicted molar refractivity (Wildman–Crippen MR) is 128 cm³/mol. The fourth-order valence-corrected chi connectivity index (χ4v) is 5.80. The highest BCUT2D eigenvalue weighted by Crippen LogP contribution is 2.47. The van der Waals surface area contributed by atoms with Gasteiger partial charge in [0.15, 0.2) is 0 Å². The van der Waals surface area contributed by atoms with Crippen LogP contribution in [0.4, 0.5) is 0 Å². The summed E-state index contributed by atoms with van der Waals surface area (Å²) in [4.78, 5) is 12.5. The molecule has 0 spiro atoms. The molecule has 0 atom stereocenters. The minimum Gasteiger partial charge on any atom is -0.478 e. The van der Waals surface area contributed by atoms with Crippen molar-refractivity contribution < 1.29 is 18.3 Å². The van der Waals surface area contributed by atoms with Crippen LogP contribution in [0.1, 0.15) is 47.3 Å². The normalized spacial score (nSPS) is 14.9. The van der Waals surface area contributed by atoms with E-state index in [1.165, 1.54) is 6.07 Å².